The molecule has 1 aliphatic heterocycles. The van der Waals surface area contributed by atoms with E-state index in [0.29, 0.717) is 32.4 Å². The number of nitrogens with two attached hydrogens (primary N) is 2. The van der Waals surface area contributed by atoms with Gasteiger partial charge in [-0.25, -0.2) is 4.79 Å². The van der Waals surface area contributed by atoms with Gasteiger partial charge in [-0.1, -0.05) is 20.3 Å². The van der Waals surface area contributed by atoms with Crippen LogP contribution in [0.3, 0.4) is 0 Å². The van der Waals surface area contributed by atoms with E-state index < -0.39 is 36.0 Å². The Morgan fingerprint density at radius 1 is 1.18 bits per heavy atom. The van der Waals surface area contributed by atoms with Crippen LogP contribution in [0.5, 0.6) is 0 Å². The molecular weight excluding hydrogens is 368 g/mol. The number of aliphatic carboxylic acids is 2. The Balaban J connectivity index is 0.00000165. The molecule has 0 aromatic rings. The molecule has 0 radical (unpaired) electrons. The topological polar surface area (TPSA) is 176 Å². The Morgan fingerprint density at radius 3 is 2.21 bits per heavy atom. The number of nitrogens with one attached hydrogen (secondary N) is 1. The summed E-state index contributed by atoms with van der Waals surface area (Å²) in [5, 5.41) is 19.2. The fraction of sp³-hybridized carbons (Fsp3) is 0.778. The first kappa shape index (κ1) is 25.8. The highest BCUT2D eigenvalue weighted by molar-refractivity contribution is 5.92. The van der Waals surface area contributed by atoms with Gasteiger partial charge in [-0.2, -0.15) is 0 Å². The van der Waals surface area contributed by atoms with Gasteiger partial charge in [0.1, 0.15) is 12.1 Å². The van der Waals surface area contributed by atoms with Crippen molar-refractivity contribution in [3.8, 4) is 0 Å². The summed E-state index contributed by atoms with van der Waals surface area (Å²) < 4.78 is 0. The number of unbranched alkanes of at least 4 members (excludes halogenated alkanes) is 1. The number of hydrogen-bond donors (Lipinski definition) is 5. The third kappa shape index (κ3) is 9.14. The fourth-order valence-electron chi connectivity index (χ4n) is 2.91. The van der Waals surface area contributed by atoms with Gasteiger partial charge < -0.3 is 31.9 Å². The molecule has 10 heteroatoms. The molecule has 0 saturated carbocycles. The van der Waals surface area contributed by atoms with E-state index in [-0.39, 0.29) is 11.8 Å². The molecule has 162 valence electrons. The normalized spacial score (nSPS) is 18.1. The van der Waals surface area contributed by atoms with Crippen LogP contribution in [0.4, 0.5) is 0 Å². The maximum atomic E-state index is 12.5. The van der Waals surface area contributed by atoms with Crippen molar-refractivity contribution < 1.29 is 29.4 Å². The highest BCUT2D eigenvalue weighted by Gasteiger charge is 2.37. The molecule has 1 saturated heterocycles. The molecule has 1 rings (SSSR count). The Bertz CT molecular complexity index is 536. The predicted molar refractivity (Wildman–Crippen MR) is 103 cm³/mol. The van der Waals surface area contributed by atoms with E-state index in [4.69, 9.17) is 21.4 Å². The van der Waals surface area contributed by atoms with Crippen LogP contribution in [0.25, 0.3) is 0 Å². The summed E-state index contributed by atoms with van der Waals surface area (Å²) in [7, 11) is 0. The van der Waals surface area contributed by atoms with E-state index in [1.54, 1.807) is 13.8 Å². The SMILES string of the molecule is CC(=O)O.CC(C)[C@H](NC(=O)[C@@H]1CCCN1C(=O)[C@@H](N)CCCCN)C(=O)O. The van der Waals surface area contributed by atoms with E-state index in [0.717, 1.165) is 19.8 Å². The molecule has 2 amide bonds. The van der Waals surface area contributed by atoms with Crippen LogP contribution in [0, 0.1) is 5.92 Å². The van der Waals surface area contributed by atoms with E-state index in [2.05, 4.69) is 5.32 Å². The van der Waals surface area contributed by atoms with Gasteiger partial charge in [0.2, 0.25) is 11.8 Å². The number of likely N-dealkylation sites (tertiary alicyclic amines) is 1. The number of carboxylic acid groups (broad SMARTS) is 2. The van der Waals surface area contributed by atoms with E-state index in [9.17, 15) is 19.5 Å². The number of amides is 2. The molecule has 0 aromatic heterocycles. The maximum absolute atomic E-state index is 12.5. The molecule has 10 nitrogen and oxygen atoms in total. The largest absolute Gasteiger partial charge is 0.481 e. The summed E-state index contributed by atoms with van der Waals surface area (Å²) in [6.07, 6.45) is 3.34. The van der Waals surface area contributed by atoms with Gasteiger partial charge in [0, 0.05) is 13.5 Å². The Kier molecular flexibility index (Phi) is 12.0. The molecule has 1 fully saturated rings. The van der Waals surface area contributed by atoms with Gasteiger partial charge in [0.05, 0.1) is 6.04 Å². The monoisotopic (exact) mass is 402 g/mol. The van der Waals surface area contributed by atoms with Crippen molar-refractivity contribution in [2.75, 3.05) is 13.1 Å². The van der Waals surface area contributed by atoms with Crippen molar-refractivity contribution in [1.29, 1.82) is 0 Å². The molecule has 1 aliphatic rings. The van der Waals surface area contributed by atoms with Gasteiger partial charge in [0.25, 0.3) is 5.97 Å². The number of carbonyl (C=O) groups is 4. The van der Waals surface area contributed by atoms with Gasteiger partial charge in [0.15, 0.2) is 0 Å². The average molecular weight is 402 g/mol. The van der Waals surface area contributed by atoms with Gasteiger partial charge in [-0.3, -0.25) is 14.4 Å². The van der Waals surface area contributed by atoms with E-state index in [1.165, 1.54) is 4.90 Å². The molecule has 28 heavy (non-hydrogen) atoms. The van der Waals surface area contributed by atoms with Crippen LogP contribution in [0.15, 0.2) is 0 Å². The second-order valence-corrected chi connectivity index (χ2v) is 7.17. The van der Waals surface area contributed by atoms with Crippen LogP contribution in [-0.2, 0) is 19.2 Å². The zero-order chi connectivity index (χ0) is 21.9. The minimum absolute atomic E-state index is 0.240. The average Bonchev–Trinajstić information content (AvgIpc) is 3.07. The minimum atomic E-state index is -1.08. The first-order valence-corrected chi connectivity index (χ1v) is 9.51. The summed E-state index contributed by atoms with van der Waals surface area (Å²) >= 11 is 0. The van der Waals surface area contributed by atoms with Gasteiger partial charge in [-0.05, 0) is 38.1 Å². The number of rotatable bonds is 9. The molecule has 7 N–H and O–H groups in total. The quantitative estimate of drug-likeness (QED) is 0.328. The van der Waals surface area contributed by atoms with Crippen molar-refractivity contribution in [2.45, 2.75) is 71.0 Å². The van der Waals surface area contributed by atoms with Gasteiger partial charge in [-0.15, -0.1) is 0 Å². The second kappa shape index (κ2) is 13.1. The molecule has 0 aromatic carbocycles. The molecule has 0 unspecified atom stereocenters. The third-order valence-corrected chi connectivity index (χ3v) is 4.36. The zero-order valence-corrected chi connectivity index (χ0v) is 16.9. The predicted octanol–water partition coefficient (Wildman–Crippen LogP) is -0.250. The molecular formula is C18H34N4O6. The van der Waals surface area contributed by atoms with Crippen molar-refractivity contribution in [1.82, 2.24) is 10.2 Å². The lowest BCUT2D eigenvalue weighted by molar-refractivity contribution is -0.145. The minimum Gasteiger partial charge on any atom is -0.481 e. The summed E-state index contributed by atoms with van der Waals surface area (Å²) in [4.78, 5) is 46.6. The lowest BCUT2D eigenvalue weighted by Gasteiger charge is -2.28. The van der Waals surface area contributed by atoms with Gasteiger partial charge >= 0.3 is 5.97 Å². The van der Waals surface area contributed by atoms with Crippen LogP contribution in [-0.4, -0.2) is 70.1 Å². The van der Waals surface area contributed by atoms with Crippen LogP contribution < -0.4 is 16.8 Å². The molecule has 3 atom stereocenters. The molecule has 0 aliphatic carbocycles. The second-order valence-electron chi connectivity index (χ2n) is 7.17. The van der Waals surface area contributed by atoms with E-state index in [1.807, 2.05) is 0 Å². The fourth-order valence-corrected chi connectivity index (χ4v) is 2.91. The van der Waals surface area contributed by atoms with Crippen molar-refractivity contribution in [3.05, 3.63) is 0 Å². The highest BCUT2D eigenvalue weighted by Crippen LogP contribution is 2.20. The Morgan fingerprint density at radius 2 is 1.75 bits per heavy atom. The molecule has 1 heterocycles. The van der Waals surface area contributed by atoms with Crippen LogP contribution in [0.2, 0.25) is 0 Å². The molecule has 0 spiro atoms. The summed E-state index contributed by atoms with van der Waals surface area (Å²) in [6.45, 7) is 5.57. The lowest BCUT2D eigenvalue weighted by atomic mass is 10.0. The zero-order valence-electron chi connectivity index (χ0n) is 16.9. The smallest absolute Gasteiger partial charge is 0.326 e. The number of carboxylic acids is 2. The summed E-state index contributed by atoms with van der Waals surface area (Å²) in [6, 6.07) is -2.25. The first-order valence-electron chi connectivity index (χ1n) is 9.51. The third-order valence-electron chi connectivity index (χ3n) is 4.36. The van der Waals surface area contributed by atoms with Crippen LogP contribution >= 0.6 is 0 Å². The standard InChI is InChI=1S/C16H30N4O4.C2H4O2/c1-10(2)13(16(23)24)19-14(21)12-7-5-9-20(12)15(22)11(18)6-3-4-8-17;1-2(3)4/h10-13H,3-9,17-18H2,1-2H3,(H,19,21)(H,23,24);1H3,(H,3,4)/t11-,12-,13-;/m0./s1. The summed E-state index contributed by atoms with van der Waals surface area (Å²) in [5.41, 5.74) is 11.4. The van der Waals surface area contributed by atoms with Crippen LogP contribution in [0.1, 0.15) is 52.9 Å². The van der Waals surface area contributed by atoms with Crippen molar-refractivity contribution in [3.63, 3.8) is 0 Å². The molecule has 0 bridgehead atoms. The maximum Gasteiger partial charge on any atom is 0.326 e. The number of carbonyl (C=O) groups excluding carboxylic acids is 2. The Hall–Kier alpha value is -2.20. The Labute approximate surface area is 165 Å². The first-order chi connectivity index (χ1) is 13.0. The van der Waals surface area contributed by atoms with Crippen molar-refractivity contribution in [2.24, 2.45) is 17.4 Å². The lowest BCUT2D eigenvalue weighted by Crippen LogP contribution is -2.54. The number of hydrogen-bond acceptors (Lipinski definition) is 6. The van der Waals surface area contributed by atoms with Crippen molar-refractivity contribution >= 4 is 23.8 Å². The summed E-state index contributed by atoms with van der Waals surface area (Å²) in [5.74, 6) is -2.82. The van der Waals surface area contributed by atoms with E-state index >= 15 is 0 Å². The number of nitrogens with zero attached hydrogens (tertiary/aromatic N) is 1. The highest BCUT2D eigenvalue weighted by atomic mass is 16.4.